The molecule has 3 atom stereocenters. The zero-order valence-corrected chi connectivity index (χ0v) is 14.5. The molecule has 0 aliphatic heterocycles. The summed E-state index contributed by atoms with van der Waals surface area (Å²) in [5, 5.41) is 0. The van der Waals surface area contributed by atoms with Crippen LogP contribution in [0.4, 0.5) is 0 Å². The van der Waals surface area contributed by atoms with Gasteiger partial charge in [-0.15, -0.1) is 0 Å². The summed E-state index contributed by atoms with van der Waals surface area (Å²) in [7, 11) is -3.63. The largest absolute Gasteiger partial charge is 0.315 e. The lowest BCUT2D eigenvalue weighted by molar-refractivity contribution is 0.130. The van der Waals surface area contributed by atoms with E-state index in [1.165, 1.54) is 6.42 Å². The number of aromatic nitrogens is 1. The summed E-state index contributed by atoms with van der Waals surface area (Å²) < 4.78 is 28.2. The van der Waals surface area contributed by atoms with Crippen molar-refractivity contribution in [2.45, 2.75) is 57.2 Å². The van der Waals surface area contributed by atoms with Crippen molar-refractivity contribution in [2.75, 3.05) is 0 Å². The molecular formula is C14H22N2O3S2. The zero-order chi connectivity index (χ0) is 15.6. The van der Waals surface area contributed by atoms with Crippen LogP contribution >= 0.6 is 11.3 Å². The Hall–Kier alpha value is -0.660. The molecule has 5 nitrogen and oxygen atoms in total. The molecule has 2 aliphatic carbocycles. The second-order valence-electron chi connectivity index (χ2n) is 7.21. The highest BCUT2D eigenvalue weighted by Crippen LogP contribution is 2.65. The predicted octanol–water partition coefficient (Wildman–Crippen LogP) is 2.24. The monoisotopic (exact) mass is 330 g/mol. The fraction of sp³-hybridized carbons (Fsp3) is 0.786. The van der Waals surface area contributed by atoms with Crippen LogP contribution in [0.1, 0.15) is 45.7 Å². The van der Waals surface area contributed by atoms with E-state index < -0.39 is 10.0 Å². The van der Waals surface area contributed by atoms with Crippen molar-refractivity contribution in [1.82, 2.24) is 9.71 Å². The van der Waals surface area contributed by atoms with E-state index in [1.54, 1.807) is 6.92 Å². The Morgan fingerprint density at radius 3 is 2.43 bits per heavy atom. The van der Waals surface area contributed by atoms with Gasteiger partial charge >= 0.3 is 4.87 Å². The Morgan fingerprint density at radius 1 is 1.33 bits per heavy atom. The van der Waals surface area contributed by atoms with Gasteiger partial charge < -0.3 is 4.98 Å². The minimum Gasteiger partial charge on any atom is -0.315 e. The topological polar surface area (TPSA) is 79.0 Å². The van der Waals surface area contributed by atoms with Crippen LogP contribution in [0.2, 0.25) is 0 Å². The van der Waals surface area contributed by atoms with E-state index in [0.717, 1.165) is 24.2 Å². The van der Waals surface area contributed by atoms with Crippen molar-refractivity contribution in [3.05, 3.63) is 15.4 Å². The van der Waals surface area contributed by atoms with E-state index in [-0.39, 0.29) is 26.0 Å². The van der Waals surface area contributed by atoms with Crippen LogP contribution in [-0.4, -0.2) is 19.4 Å². The molecule has 3 rings (SSSR count). The lowest BCUT2D eigenvalue weighted by atomic mass is 9.69. The minimum atomic E-state index is -3.63. The second kappa shape index (κ2) is 4.43. The van der Waals surface area contributed by atoms with Crippen LogP contribution in [0.25, 0.3) is 0 Å². The molecule has 0 saturated heterocycles. The summed E-state index contributed by atoms with van der Waals surface area (Å²) >= 11 is 0.762. The van der Waals surface area contributed by atoms with Crippen LogP contribution in [0.15, 0.2) is 9.00 Å². The van der Waals surface area contributed by atoms with E-state index in [4.69, 9.17) is 0 Å². The molecule has 0 radical (unpaired) electrons. The SMILES string of the molecule is Cc1[nH]c(=O)sc1S(=O)(=O)NC1CC2CCC1(C)C2(C)C. The van der Waals surface area contributed by atoms with Crippen LogP contribution in [-0.2, 0) is 10.0 Å². The third-order valence-electron chi connectivity index (χ3n) is 6.12. The minimum absolute atomic E-state index is 0.0140. The molecule has 1 heterocycles. The summed E-state index contributed by atoms with van der Waals surface area (Å²) in [5.74, 6) is 0.571. The van der Waals surface area contributed by atoms with E-state index in [0.29, 0.717) is 11.6 Å². The maximum atomic E-state index is 12.6. The summed E-state index contributed by atoms with van der Waals surface area (Å²) in [6.45, 7) is 8.32. The Morgan fingerprint density at radius 2 is 2.00 bits per heavy atom. The molecule has 118 valence electrons. The van der Waals surface area contributed by atoms with Gasteiger partial charge in [0.15, 0.2) is 4.21 Å². The number of fused-ring (bicyclic) bond motifs is 2. The lowest BCUT2D eigenvalue weighted by Crippen LogP contribution is -2.46. The first kappa shape index (κ1) is 15.2. The molecule has 7 heteroatoms. The number of hydrogen-bond acceptors (Lipinski definition) is 4. The van der Waals surface area contributed by atoms with Crippen molar-refractivity contribution in [1.29, 1.82) is 0 Å². The van der Waals surface area contributed by atoms with Gasteiger partial charge in [0.2, 0.25) is 0 Å². The Kier molecular flexibility index (Phi) is 3.21. The van der Waals surface area contributed by atoms with Crippen LogP contribution < -0.4 is 9.60 Å². The highest BCUT2D eigenvalue weighted by molar-refractivity contribution is 7.91. The van der Waals surface area contributed by atoms with Gasteiger partial charge in [-0.25, -0.2) is 13.1 Å². The zero-order valence-electron chi connectivity index (χ0n) is 12.8. The third kappa shape index (κ3) is 2.04. The molecule has 21 heavy (non-hydrogen) atoms. The molecular weight excluding hydrogens is 308 g/mol. The van der Waals surface area contributed by atoms with Crippen molar-refractivity contribution in [3.63, 3.8) is 0 Å². The highest BCUT2D eigenvalue weighted by atomic mass is 32.2. The summed E-state index contributed by atoms with van der Waals surface area (Å²) in [6, 6.07) is -0.0483. The van der Waals surface area contributed by atoms with Gasteiger partial charge in [0.05, 0.1) is 0 Å². The maximum absolute atomic E-state index is 12.6. The number of sulfonamides is 1. The summed E-state index contributed by atoms with van der Waals surface area (Å²) in [6.07, 6.45) is 3.12. The molecule has 2 saturated carbocycles. The molecule has 0 aromatic carbocycles. The van der Waals surface area contributed by atoms with Gasteiger partial charge in [-0.2, -0.15) is 0 Å². The van der Waals surface area contributed by atoms with Gasteiger partial charge in [-0.05, 0) is 42.9 Å². The number of aromatic amines is 1. The Bertz CT molecular complexity index is 732. The molecule has 0 spiro atoms. The average molecular weight is 330 g/mol. The van der Waals surface area contributed by atoms with Crippen LogP contribution in [0, 0.1) is 23.7 Å². The Balaban J connectivity index is 1.92. The summed E-state index contributed by atoms with van der Waals surface area (Å²) in [4.78, 5) is 13.6. The fourth-order valence-electron chi connectivity index (χ4n) is 4.27. The predicted molar refractivity (Wildman–Crippen MR) is 83.0 cm³/mol. The standard InChI is InChI=1S/C14H22N2O3S2/c1-8-11(20-12(17)15-8)21(18,19)16-10-7-9-5-6-14(10,4)13(9,2)3/h9-10,16H,5-7H2,1-4H3,(H,15,17). The molecule has 1 aromatic rings. The second-order valence-corrected chi connectivity index (χ2v) is 10.1. The molecule has 2 fully saturated rings. The first-order valence-electron chi connectivity index (χ1n) is 7.30. The van der Waals surface area contributed by atoms with E-state index in [2.05, 4.69) is 30.5 Å². The summed E-state index contributed by atoms with van der Waals surface area (Å²) in [5.41, 5.74) is 0.561. The van der Waals surface area contributed by atoms with Crippen LogP contribution in [0.3, 0.4) is 0 Å². The Labute approximate surface area is 129 Å². The first-order valence-corrected chi connectivity index (χ1v) is 9.60. The van der Waals surface area contributed by atoms with Crippen molar-refractivity contribution in [2.24, 2.45) is 16.7 Å². The van der Waals surface area contributed by atoms with Crippen LogP contribution in [0.5, 0.6) is 0 Å². The third-order valence-corrected chi connectivity index (χ3v) is 9.19. The van der Waals surface area contributed by atoms with E-state index in [9.17, 15) is 13.2 Å². The molecule has 0 amide bonds. The van der Waals surface area contributed by atoms with Gasteiger partial charge in [-0.1, -0.05) is 32.1 Å². The number of H-pyrrole nitrogens is 1. The molecule has 3 unspecified atom stereocenters. The average Bonchev–Trinajstić information content (AvgIpc) is 2.86. The molecule has 2 bridgehead atoms. The van der Waals surface area contributed by atoms with Crippen molar-refractivity contribution < 1.29 is 8.42 Å². The van der Waals surface area contributed by atoms with Gasteiger partial charge in [0, 0.05) is 11.7 Å². The van der Waals surface area contributed by atoms with Crippen molar-refractivity contribution >= 4 is 21.4 Å². The highest BCUT2D eigenvalue weighted by Gasteiger charge is 2.62. The maximum Gasteiger partial charge on any atom is 0.305 e. The van der Waals surface area contributed by atoms with E-state index >= 15 is 0 Å². The molecule has 2 N–H and O–H groups in total. The van der Waals surface area contributed by atoms with Gasteiger partial charge in [-0.3, -0.25) is 4.79 Å². The number of hydrogen-bond donors (Lipinski definition) is 2. The number of nitrogens with one attached hydrogen (secondary N) is 2. The quantitative estimate of drug-likeness (QED) is 0.892. The number of aryl methyl sites for hydroxylation is 1. The first-order chi connectivity index (χ1) is 9.58. The lowest BCUT2D eigenvalue weighted by Gasteiger charge is -2.39. The molecule has 2 aliphatic rings. The van der Waals surface area contributed by atoms with Gasteiger partial charge in [0.25, 0.3) is 10.0 Å². The number of rotatable bonds is 3. The van der Waals surface area contributed by atoms with E-state index in [1.807, 2.05) is 0 Å². The normalized spacial score (nSPS) is 34.5. The van der Waals surface area contributed by atoms with Gasteiger partial charge in [0.1, 0.15) is 0 Å². The number of thiazole rings is 1. The fourth-order valence-corrected chi connectivity index (χ4v) is 6.95. The molecule has 1 aromatic heterocycles. The smallest absolute Gasteiger partial charge is 0.305 e. The van der Waals surface area contributed by atoms with Crippen molar-refractivity contribution in [3.8, 4) is 0 Å².